The molecule has 0 aliphatic carbocycles. The van der Waals surface area contributed by atoms with Gasteiger partial charge in [0.2, 0.25) is 0 Å². The zero-order valence-corrected chi connectivity index (χ0v) is 11.0. The Hall–Kier alpha value is -0.910. The second-order valence-electron chi connectivity index (χ2n) is 5.56. The van der Waals surface area contributed by atoms with Gasteiger partial charge in [0.15, 0.2) is 5.76 Å². The van der Waals surface area contributed by atoms with Crippen LogP contribution in [0.15, 0.2) is 10.6 Å². The van der Waals surface area contributed by atoms with Crippen molar-refractivity contribution in [3.63, 3.8) is 0 Å². The van der Waals surface area contributed by atoms with Crippen molar-refractivity contribution in [2.24, 2.45) is 5.73 Å². The van der Waals surface area contributed by atoms with E-state index in [1.165, 1.54) is 19.3 Å². The van der Waals surface area contributed by atoms with E-state index in [0.717, 1.165) is 43.2 Å². The average molecular weight is 250 g/mol. The first-order chi connectivity index (χ1) is 8.76. The summed E-state index contributed by atoms with van der Waals surface area (Å²) in [6.07, 6.45) is 3.97. The molecule has 3 rings (SSSR count). The van der Waals surface area contributed by atoms with Crippen LogP contribution >= 0.6 is 0 Å². The van der Waals surface area contributed by atoms with Crippen LogP contribution < -0.4 is 5.73 Å². The van der Waals surface area contributed by atoms with Gasteiger partial charge in [-0.2, -0.15) is 0 Å². The molecule has 2 aliphatic heterocycles. The van der Waals surface area contributed by atoms with E-state index >= 15 is 0 Å². The Morgan fingerprint density at radius 2 is 2.22 bits per heavy atom. The maximum Gasteiger partial charge on any atom is 0.151 e. The third kappa shape index (κ3) is 2.30. The van der Waals surface area contributed by atoms with Gasteiger partial charge in [-0.25, -0.2) is 0 Å². The lowest BCUT2D eigenvalue weighted by atomic mass is 10.1. The summed E-state index contributed by atoms with van der Waals surface area (Å²) >= 11 is 0. The van der Waals surface area contributed by atoms with Crippen LogP contribution in [0.3, 0.4) is 0 Å². The van der Waals surface area contributed by atoms with Gasteiger partial charge in [-0.15, -0.1) is 0 Å². The van der Waals surface area contributed by atoms with Crippen molar-refractivity contribution >= 4 is 0 Å². The number of rotatable bonds is 3. The number of aromatic nitrogens is 1. The van der Waals surface area contributed by atoms with E-state index in [1.54, 1.807) is 0 Å². The molecule has 2 saturated heterocycles. The molecule has 2 bridgehead atoms. The first kappa shape index (κ1) is 12.1. The SMILES string of the molecule is CN1C2CCC1CN(Cc1cc(CN)no1)CC2. The second-order valence-corrected chi connectivity index (χ2v) is 5.56. The molecule has 2 unspecified atom stereocenters. The molecule has 1 aromatic rings. The van der Waals surface area contributed by atoms with E-state index in [2.05, 4.69) is 22.0 Å². The predicted molar refractivity (Wildman–Crippen MR) is 68.9 cm³/mol. The van der Waals surface area contributed by atoms with Crippen LogP contribution in [0.4, 0.5) is 0 Å². The summed E-state index contributed by atoms with van der Waals surface area (Å²) in [5.41, 5.74) is 6.39. The number of likely N-dealkylation sites (tertiary alicyclic amines) is 1. The van der Waals surface area contributed by atoms with Gasteiger partial charge in [0.05, 0.1) is 12.2 Å². The summed E-state index contributed by atoms with van der Waals surface area (Å²) in [6.45, 7) is 3.62. The molecule has 2 atom stereocenters. The molecule has 18 heavy (non-hydrogen) atoms. The fourth-order valence-corrected chi connectivity index (χ4v) is 3.27. The molecular weight excluding hydrogens is 228 g/mol. The minimum atomic E-state index is 0.455. The smallest absolute Gasteiger partial charge is 0.151 e. The van der Waals surface area contributed by atoms with Gasteiger partial charge < -0.3 is 10.3 Å². The number of likely N-dealkylation sites (N-methyl/N-ethyl adjacent to an activating group) is 1. The van der Waals surface area contributed by atoms with Gasteiger partial charge in [0.1, 0.15) is 0 Å². The van der Waals surface area contributed by atoms with Crippen LogP contribution in [0.2, 0.25) is 0 Å². The molecule has 5 heteroatoms. The number of nitrogens with two attached hydrogens (primary N) is 1. The van der Waals surface area contributed by atoms with Crippen LogP contribution in [0.25, 0.3) is 0 Å². The number of hydrogen-bond acceptors (Lipinski definition) is 5. The molecule has 0 spiro atoms. The Morgan fingerprint density at radius 3 is 3.00 bits per heavy atom. The summed E-state index contributed by atoms with van der Waals surface area (Å²) in [7, 11) is 2.27. The summed E-state index contributed by atoms with van der Waals surface area (Å²) < 4.78 is 5.32. The zero-order valence-electron chi connectivity index (χ0n) is 11.0. The lowest BCUT2D eigenvalue weighted by Gasteiger charge is -2.24. The molecule has 3 heterocycles. The second kappa shape index (κ2) is 4.99. The van der Waals surface area contributed by atoms with Gasteiger partial charge in [-0.05, 0) is 26.3 Å². The molecule has 2 fully saturated rings. The van der Waals surface area contributed by atoms with Crippen molar-refractivity contribution in [1.29, 1.82) is 0 Å². The standard InChI is InChI=1S/C13H22N4O/c1-16-11-2-3-12(16)8-17(5-4-11)9-13-6-10(7-14)15-18-13/h6,11-12H,2-5,7-9,14H2,1H3. The topological polar surface area (TPSA) is 58.5 Å². The van der Waals surface area contributed by atoms with Crippen LogP contribution in [0.5, 0.6) is 0 Å². The first-order valence-electron chi connectivity index (χ1n) is 6.85. The highest BCUT2D eigenvalue weighted by molar-refractivity contribution is 5.05. The van der Waals surface area contributed by atoms with Gasteiger partial charge in [0.25, 0.3) is 0 Å². The Balaban J connectivity index is 1.63. The predicted octanol–water partition coefficient (Wildman–Crippen LogP) is 0.802. The molecule has 100 valence electrons. The Labute approximate surface area is 108 Å². The molecule has 1 aromatic heterocycles. The quantitative estimate of drug-likeness (QED) is 0.860. The number of hydrogen-bond donors (Lipinski definition) is 1. The third-order valence-corrected chi connectivity index (χ3v) is 4.43. The van der Waals surface area contributed by atoms with Crippen LogP contribution in [-0.4, -0.2) is 47.2 Å². The van der Waals surface area contributed by atoms with Gasteiger partial charge in [-0.1, -0.05) is 5.16 Å². The normalized spacial score (nSPS) is 29.7. The van der Waals surface area contributed by atoms with Crippen LogP contribution in [-0.2, 0) is 13.1 Å². The maximum absolute atomic E-state index is 5.55. The van der Waals surface area contributed by atoms with E-state index in [1.807, 2.05) is 6.07 Å². The largest absolute Gasteiger partial charge is 0.360 e. The highest BCUT2D eigenvalue weighted by Gasteiger charge is 2.34. The minimum Gasteiger partial charge on any atom is -0.360 e. The fourth-order valence-electron chi connectivity index (χ4n) is 3.27. The fraction of sp³-hybridized carbons (Fsp3) is 0.769. The highest BCUT2D eigenvalue weighted by atomic mass is 16.5. The van der Waals surface area contributed by atoms with Gasteiger partial charge in [0, 0.05) is 37.8 Å². The molecule has 5 nitrogen and oxygen atoms in total. The zero-order chi connectivity index (χ0) is 12.5. The van der Waals surface area contributed by atoms with E-state index in [4.69, 9.17) is 10.3 Å². The molecule has 0 amide bonds. The maximum atomic E-state index is 5.55. The van der Waals surface area contributed by atoms with Crippen molar-refractivity contribution in [2.75, 3.05) is 20.1 Å². The molecule has 2 N–H and O–H groups in total. The molecular formula is C13H22N4O. The lowest BCUT2D eigenvalue weighted by molar-refractivity contribution is 0.199. The molecule has 2 aliphatic rings. The van der Waals surface area contributed by atoms with Gasteiger partial charge >= 0.3 is 0 Å². The average Bonchev–Trinajstić information content (AvgIpc) is 2.89. The van der Waals surface area contributed by atoms with E-state index in [9.17, 15) is 0 Å². The monoisotopic (exact) mass is 250 g/mol. The summed E-state index contributed by atoms with van der Waals surface area (Å²) in [5, 5.41) is 3.95. The Bertz CT molecular complexity index is 405. The Kier molecular flexibility index (Phi) is 3.37. The third-order valence-electron chi connectivity index (χ3n) is 4.43. The van der Waals surface area contributed by atoms with Crippen molar-refractivity contribution in [2.45, 2.75) is 44.4 Å². The lowest BCUT2D eigenvalue weighted by Crippen LogP contribution is -2.36. The van der Waals surface area contributed by atoms with Crippen LogP contribution in [0, 0.1) is 0 Å². The number of nitrogens with zero attached hydrogens (tertiary/aromatic N) is 3. The Morgan fingerprint density at radius 1 is 1.39 bits per heavy atom. The minimum absolute atomic E-state index is 0.455. The summed E-state index contributed by atoms with van der Waals surface area (Å²) in [6, 6.07) is 3.48. The van der Waals surface area contributed by atoms with E-state index in [0.29, 0.717) is 6.54 Å². The molecule has 0 saturated carbocycles. The first-order valence-corrected chi connectivity index (χ1v) is 6.85. The summed E-state index contributed by atoms with van der Waals surface area (Å²) in [4.78, 5) is 5.05. The number of fused-ring (bicyclic) bond motifs is 2. The highest BCUT2D eigenvalue weighted by Crippen LogP contribution is 2.28. The summed E-state index contributed by atoms with van der Waals surface area (Å²) in [5.74, 6) is 0.941. The van der Waals surface area contributed by atoms with Crippen molar-refractivity contribution < 1.29 is 4.52 Å². The van der Waals surface area contributed by atoms with Crippen molar-refractivity contribution in [1.82, 2.24) is 15.0 Å². The van der Waals surface area contributed by atoms with Crippen molar-refractivity contribution in [3.8, 4) is 0 Å². The van der Waals surface area contributed by atoms with Gasteiger partial charge in [-0.3, -0.25) is 9.80 Å². The van der Waals surface area contributed by atoms with E-state index in [-0.39, 0.29) is 0 Å². The van der Waals surface area contributed by atoms with E-state index < -0.39 is 0 Å². The molecule has 0 aromatic carbocycles. The molecule has 0 radical (unpaired) electrons. The van der Waals surface area contributed by atoms with Crippen molar-refractivity contribution in [3.05, 3.63) is 17.5 Å². The van der Waals surface area contributed by atoms with Crippen LogP contribution in [0.1, 0.15) is 30.7 Å².